The Morgan fingerprint density at radius 1 is 1.04 bits per heavy atom. The highest BCUT2D eigenvalue weighted by atomic mass is 16.5. The molecule has 0 bridgehead atoms. The van der Waals surface area contributed by atoms with E-state index >= 15 is 0 Å². The standard InChI is InChI=1S/C18H17NO5/c1-23-16-10-17(24-2)14(19)9-12(16)6-7-15(20)11-4-3-5-13(8-11)18(21)22/h3-10H,19H2,1-2H3,(H,21,22)/b7-6+. The van der Waals surface area contributed by atoms with Crippen LogP contribution < -0.4 is 15.2 Å². The number of carboxylic acid groups (broad SMARTS) is 1. The van der Waals surface area contributed by atoms with Gasteiger partial charge in [-0.15, -0.1) is 0 Å². The van der Waals surface area contributed by atoms with E-state index in [-0.39, 0.29) is 16.9 Å². The number of carbonyl (C=O) groups excluding carboxylic acids is 1. The average molecular weight is 327 g/mol. The van der Waals surface area contributed by atoms with E-state index in [1.165, 1.54) is 38.5 Å². The molecule has 24 heavy (non-hydrogen) atoms. The molecular weight excluding hydrogens is 310 g/mol. The minimum Gasteiger partial charge on any atom is -0.496 e. The summed E-state index contributed by atoms with van der Waals surface area (Å²) in [6.45, 7) is 0. The first-order valence-corrected chi connectivity index (χ1v) is 7.03. The fraction of sp³-hybridized carbons (Fsp3) is 0.111. The fourth-order valence-corrected chi connectivity index (χ4v) is 2.15. The van der Waals surface area contributed by atoms with Gasteiger partial charge in [0.05, 0.1) is 25.5 Å². The van der Waals surface area contributed by atoms with Crippen LogP contribution in [0.2, 0.25) is 0 Å². The number of carbonyl (C=O) groups is 2. The molecule has 0 aliphatic heterocycles. The number of hydrogen-bond donors (Lipinski definition) is 2. The van der Waals surface area contributed by atoms with Gasteiger partial charge in [0.1, 0.15) is 11.5 Å². The lowest BCUT2D eigenvalue weighted by molar-refractivity contribution is 0.0697. The normalized spacial score (nSPS) is 10.6. The van der Waals surface area contributed by atoms with E-state index in [0.29, 0.717) is 22.7 Å². The fourth-order valence-electron chi connectivity index (χ4n) is 2.15. The summed E-state index contributed by atoms with van der Waals surface area (Å²) in [6, 6.07) is 9.10. The van der Waals surface area contributed by atoms with E-state index < -0.39 is 5.97 Å². The van der Waals surface area contributed by atoms with Crippen LogP contribution in [0.1, 0.15) is 26.3 Å². The van der Waals surface area contributed by atoms with E-state index in [1.54, 1.807) is 24.3 Å². The lowest BCUT2D eigenvalue weighted by Crippen LogP contribution is -2.00. The monoisotopic (exact) mass is 327 g/mol. The van der Waals surface area contributed by atoms with Crippen molar-refractivity contribution in [1.29, 1.82) is 0 Å². The van der Waals surface area contributed by atoms with Crippen LogP contribution >= 0.6 is 0 Å². The molecule has 124 valence electrons. The maximum atomic E-state index is 12.2. The number of aromatic carboxylic acids is 1. The second-order valence-electron chi connectivity index (χ2n) is 4.92. The number of benzene rings is 2. The summed E-state index contributed by atoms with van der Waals surface area (Å²) in [6.07, 6.45) is 2.90. The van der Waals surface area contributed by atoms with Gasteiger partial charge in [-0.1, -0.05) is 12.1 Å². The van der Waals surface area contributed by atoms with Gasteiger partial charge in [-0.2, -0.15) is 0 Å². The summed E-state index contributed by atoms with van der Waals surface area (Å²) >= 11 is 0. The van der Waals surface area contributed by atoms with Crippen molar-refractivity contribution in [3.05, 3.63) is 59.2 Å². The third-order valence-corrected chi connectivity index (χ3v) is 3.39. The second-order valence-corrected chi connectivity index (χ2v) is 4.92. The third kappa shape index (κ3) is 3.73. The minimum absolute atomic E-state index is 0.0560. The molecule has 0 atom stereocenters. The zero-order valence-corrected chi connectivity index (χ0v) is 13.3. The number of hydrogen-bond acceptors (Lipinski definition) is 5. The Morgan fingerprint density at radius 2 is 1.71 bits per heavy atom. The highest BCUT2D eigenvalue weighted by molar-refractivity contribution is 6.08. The molecule has 2 aromatic carbocycles. The molecule has 0 heterocycles. The molecule has 2 rings (SSSR count). The van der Waals surface area contributed by atoms with Gasteiger partial charge in [-0.3, -0.25) is 4.79 Å². The van der Waals surface area contributed by atoms with Crippen LogP contribution in [-0.4, -0.2) is 31.1 Å². The third-order valence-electron chi connectivity index (χ3n) is 3.39. The van der Waals surface area contributed by atoms with Gasteiger partial charge in [-0.25, -0.2) is 4.79 Å². The second kappa shape index (κ2) is 7.32. The molecule has 0 aromatic heterocycles. The summed E-state index contributed by atoms with van der Waals surface area (Å²) < 4.78 is 10.4. The van der Waals surface area contributed by atoms with Crippen molar-refractivity contribution in [2.24, 2.45) is 0 Å². The molecule has 0 unspecified atom stereocenters. The Morgan fingerprint density at radius 3 is 2.33 bits per heavy atom. The Bertz CT molecular complexity index is 811. The van der Waals surface area contributed by atoms with E-state index in [2.05, 4.69) is 0 Å². The zero-order chi connectivity index (χ0) is 17.7. The predicted molar refractivity (Wildman–Crippen MR) is 90.7 cm³/mol. The molecule has 6 nitrogen and oxygen atoms in total. The summed E-state index contributed by atoms with van der Waals surface area (Å²) in [4.78, 5) is 23.2. The lowest BCUT2D eigenvalue weighted by atomic mass is 10.1. The number of ether oxygens (including phenoxy) is 2. The van der Waals surface area contributed by atoms with Gasteiger partial charge in [0.15, 0.2) is 5.78 Å². The highest BCUT2D eigenvalue weighted by Gasteiger charge is 2.09. The quantitative estimate of drug-likeness (QED) is 0.481. The summed E-state index contributed by atoms with van der Waals surface area (Å²) in [5, 5.41) is 8.98. The molecule has 0 aliphatic carbocycles. The molecule has 0 radical (unpaired) electrons. The highest BCUT2D eigenvalue weighted by Crippen LogP contribution is 2.31. The first-order valence-electron chi connectivity index (χ1n) is 7.03. The molecule has 0 aliphatic rings. The Hall–Kier alpha value is -3.28. The molecule has 0 amide bonds. The van der Waals surface area contributed by atoms with Gasteiger partial charge >= 0.3 is 5.97 Å². The van der Waals surface area contributed by atoms with E-state index in [0.717, 1.165) is 0 Å². The molecule has 3 N–H and O–H groups in total. The van der Waals surface area contributed by atoms with E-state index in [1.807, 2.05) is 0 Å². The minimum atomic E-state index is -1.08. The van der Waals surface area contributed by atoms with Crippen molar-refractivity contribution in [1.82, 2.24) is 0 Å². The number of anilines is 1. The number of rotatable bonds is 6. The topological polar surface area (TPSA) is 98.8 Å². The van der Waals surface area contributed by atoms with Crippen LogP contribution in [0.15, 0.2) is 42.5 Å². The maximum Gasteiger partial charge on any atom is 0.335 e. The van der Waals surface area contributed by atoms with Gasteiger partial charge in [0, 0.05) is 17.2 Å². The number of nitrogens with two attached hydrogens (primary N) is 1. The number of allylic oxidation sites excluding steroid dienone is 1. The first kappa shape index (κ1) is 17.1. The molecule has 2 aromatic rings. The van der Waals surface area contributed by atoms with Gasteiger partial charge in [0.2, 0.25) is 0 Å². The van der Waals surface area contributed by atoms with Crippen LogP contribution in [0.3, 0.4) is 0 Å². The van der Waals surface area contributed by atoms with Crippen LogP contribution in [-0.2, 0) is 0 Å². The maximum absolute atomic E-state index is 12.2. The van der Waals surface area contributed by atoms with Crippen molar-refractivity contribution < 1.29 is 24.2 Å². The molecule has 0 spiro atoms. The lowest BCUT2D eigenvalue weighted by Gasteiger charge is -2.10. The number of nitrogen functional groups attached to an aromatic ring is 1. The molecule has 0 fully saturated rings. The van der Waals surface area contributed by atoms with Crippen molar-refractivity contribution in [2.75, 3.05) is 20.0 Å². The molecule has 0 saturated heterocycles. The van der Waals surface area contributed by atoms with Crippen LogP contribution in [0.25, 0.3) is 6.08 Å². The van der Waals surface area contributed by atoms with Gasteiger partial charge in [-0.05, 0) is 30.4 Å². The van der Waals surface area contributed by atoms with Crippen molar-refractivity contribution in [3.8, 4) is 11.5 Å². The first-order chi connectivity index (χ1) is 11.5. The van der Waals surface area contributed by atoms with Crippen LogP contribution in [0.4, 0.5) is 5.69 Å². The SMILES string of the molecule is COc1cc(OC)c(/C=C/C(=O)c2cccc(C(=O)O)c2)cc1N. The Balaban J connectivity index is 2.30. The van der Waals surface area contributed by atoms with Gasteiger partial charge in [0.25, 0.3) is 0 Å². The number of ketones is 1. The van der Waals surface area contributed by atoms with Crippen molar-refractivity contribution in [3.63, 3.8) is 0 Å². The Labute approximate surface area is 139 Å². The molecular formula is C18H17NO5. The van der Waals surface area contributed by atoms with Gasteiger partial charge < -0.3 is 20.3 Å². The number of carboxylic acids is 1. The van der Waals surface area contributed by atoms with E-state index in [9.17, 15) is 9.59 Å². The smallest absolute Gasteiger partial charge is 0.335 e. The van der Waals surface area contributed by atoms with Crippen molar-refractivity contribution in [2.45, 2.75) is 0 Å². The number of methoxy groups -OCH3 is 2. The summed E-state index contributed by atoms with van der Waals surface area (Å²) in [7, 11) is 3.00. The van der Waals surface area contributed by atoms with E-state index in [4.69, 9.17) is 20.3 Å². The predicted octanol–water partition coefficient (Wildman–Crippen LogP) is 2.88. The Kier molecular flexibility index (Phi) is 5.21. The van der Waals surface area contributed by atoms with Crippen LogP contribution in [0.5, 0.6) is 11.5 Å². The molecule has 6 heteroatoms. The van der Waals surface area contributed by atoms with Crippen LogP contribution in [0, 0.1) is 0 Å². The van der Waals surface area contributed by atoms with Crippen molar-refractivity contribution >= 4 is 23.5 Å². The summed E-state index contributed by atoms with van der Waals surface area (Å²) in [5.41, 5.74) is 7.23. The molecule has 0 saturated carbocycles. The summed E-state index contributed by atoms with van der Waals surface area (Å²) in [5.74, 6) is -0.429. The average Bonchev–Trinajstić information content (AvgIpc) is 2.59. The zero-order valence-electron chi connectivity index (χ0n) is 13.3. The largest absolute Gasteiger partial charge is 0.496 e.